The molecule has 9 N–H and O–H groups in total. The number of ether oxygens (including phenoxy) is 2. The van der Waals surface area contributed by atoms with Crippen LogP contribution >= 0.6 is 0 Å². The van der Waals surface area contributed by atoms with Gasteiger partial charge >= 0.3 is 29.8 Å². The van der Waals surface area contributed by atoms with Gasteiger partial charge in [-0.15, -0.1) is 0 Å². The van der Waals surface area contributed by atoms with Gasteiger partial charge in [0.2, 0.25) is 0 Å². The lowest BCUT2D eigenvalue weighted by molar-refractivity contribution is -0.141. The number of ketones is 2. The fraction of sp³-hybridized carbons (Fsp3) is 0.475. The summed E-state index contributed by atoms with van der Waals surface area (Å²) < 4.78 is 8.88. The second kappa shape index (κ2) is 36.3. The molecule has 4 aromatic heterocycles. The van der Waals surface area contributed by atoms with Gasteiger partial charge in [0.05, 0.1) is 57.8 Å². The predicted molar refractivity (Wildman–Crippen MR) is 221 cm³/mol. The Labute approximate surface area is 353 Å². The molecule has 0 radical (unpaired) electrons. The number of carboxylic acids is 3. The van der Waals surface area contributed by atoms with Crippen molar-refractivity contribution in [2.45, 2.75) is 103 Å². The molecular formula is C40H59N9O12. The molecule has 0 aliphatic heterocycles. The minimum absolute atomic E-state index is 0.147. The number of carbonyl (C=O) groups is 7. The first-order valence-electron chi connectivity index (χ1n) is 19.4. The van der Waals surface area contributed by atoms with Crippen LogP contribution in [0.15, 0.2) is 56.2 Å². The topological polar surface area (TPSA) is 339 Å². The number of aliphatic carboxylic acids is 3. The van der Waals surface area contributed by atoms with Crippen LogP contribution in [0.2, 0.25) is 0 Å². The van der Waals surface area contributed by atoms with E-state index in [1.165, 1.54) is 33.0 Å². The first kappa shape index (κ1) is 54.2. The number of aromatic nitrogens is 8. The molecular weight excluding hydrogens is 798 g/mol. The molecule has 0 aliphatic carbocycles. The first-order valence-corrected chi connectivity index (χ1v) is 19.4. The average molecular weight is 858 g/mol. The summed E-state index contributed by atoms with van der Waals surface area (Å²) in [7, 11) is 2.75. The molecule has 21 heteroatoms. The molecule has 0 spiro atoms. The van der Waals surface area contributed by atoms with Gasteiger partial charge in [-0.2, -0.15) is 0 Å². The largest absolute Gasteiger partial charge is 0.481 e. The monoisotopic (exact) mass is 857 g/mol. The summed E-state index contributed by atoms with van der Waals surface area (Å²) in [6, 6.07) is 0. The van der Waals surface area contributed by atoms with Crippen LogP contribution in [0.3, 0.4) is 0 Å². The Morgan fingerprint density at radius 2 is 0.934 bits per heavy atom. The summed E-state index contributed by atoms with van der Waals surface area (Å²) >= 11 is 0. The van der Waals surface area contributed by atoms with Crippen molar-refractivity contribution in [2.24, 2.45) is 5.73 Å². The van der Waals surface area contributed by atoms with Crippen LogP contribution in [0.1, 0.15) is 106 Å². The number of carboxylic acid groups (broad SMARTS) is 3. The highest BCUT2D eigenvalue weighted by molar-refractivity contribution is 5.84. The number of unbranched alkanes of at least 4 members (excludes halogenated alkanes) is 2. The van der Waals surface area contributed by atoms with Crippen molar-refractivity contribution in [2.75, 3.05) is 20.8 Å². The highest BCUT2D eigenvalue weighted by Crippen LogP contribution is 2.07. The third kappa shape index (κ3) is 34.9. The highest BCUT2D eigenvalue weighted by Gasteiger charge is 2.06. The number of nitrogens with two attached hydrogens (primary N) is 1. The number of esters is 2. The van der Waals surface area contributed by atoms with Gasteiger partial charge in [-0.3, -0.25) is 28.8 Å². The maximum atomic E-state index is 11.5. The van der Waals surface area contributed by atoms with Crippen LogP contribution in [-0.2, 0) is 62.3 Å². The van der Waals surface area contributed by atoms with E-state index in [0.29, 0.717) is 95.7 Å². The zero-order valence-corrected chi connectivity index (χ0v) is 34.7. The van der Waals surface area contributed by atoms with Crippen LogP contribution < -0.4 is 5.73 Å². The standard InChI is InChI=1S/C12H18N2O3.C11H16N2O3.C6H8N2O2.C6H6N2O2.C5H11NO2/c1-17-12(16)5-3-2-4-11(15)7-6-10-8-13-9-14-10;14-10(3-1-2-4-11(15)16)6-5-9-7-12-8-13-9;2*9-6(10)2-1-5-3-7-4-8-5;1-8-5(7)3-2-4-6/h8-9H,2-7H2,1H3,(H,13,14);7-8H,1-6H2,(H,12,13)(H,15,16);3-4H,1-2H2,(H,7,8)(H,9,10);1-4H,(H,7,8)(H,9,10);2-4,6H2,1H3/b;;;2-1+;. The van der Waals surface area contributed by atoms with Crippen LogP contribution in [0.5, 0.6) is 0 Å². The molecule has 0 saturated carbocycles. The number of hydrogen-bond acceptors (Lipinski definition) is 14. The van der Waals surface area contributed by atoms with Crippen molar-refractivity contribution < 1.29 is 58.4 Å². The van der Waals surface area contributed by atoms with E-state index in [1.807, 2.05) is 0 Å². The molecule has 4 heterocycles. The molecule has 0 saturated heterocycles. The van der Waals surface area contributed by atoms with E-state index in [1.54, 1.807) is 37.4 Å². The molecule has 0 bridgehead atoms. The molecule has 4 rings (SSSR count). The summed E-state index contributed by atoms with van der Waals surface area (Å²) in [5, 5.41) is 24.9. The van der Waals surface area contributed by atoms with Crippen molar-refractivity contribution in [3.05, 3.63) is 78.9 Å². The molecule has 0 aliphatic rings. The second-order valence-electron chi connectivity index (χ2n) is 12.7. The van der Waals surface area contributed by atoms with Gasteiger partial charge in [0.1, 0.15) is 11.6 Å². The number of hydrogen-bond donors (Lipinski definition) is 8. The lowest BCUT2D eigenvalue weighted by Crippen LogP contribution is -2.05. The molecule has 61 heavy (non-hydrogen) atoms. The Morgan fingerprint density at radius 1 is 0.541 bits per heavy atom. The van der Waals surface area contributed by atoms with Crippen molar-refractivity contribution >= 4 is 47.5 Å². The van der Waals surface area contributed by atoms with Gasteiger partial charge in [-0.05, 0) is 64.0 Å². The van der Waals surface area contributed by atoms with E-state index in [-0.39, 0.29) is 36.3 Å². The van der Waals surface area contributed by atoms with Crippen molar-refractivity contribution in [1.29, 1.82) is 0 Å². The number of rotatable bonds is 24. The van der Waals surface area contributed by atoms with Gasteiger partial charge in [0, 0.05) is 86.7 Å². The number of carbonyl (C=O) groups excluding carboxylic acids is 4. The maximum Gasteiger partial charge on any atom is 0.328 e. The third-order valence-electron chi connectivity index (χ3n) is 7.77. The Bertz CT molecular complexity index is 1780. The number of H-pyrrole nitrogens is 4. The van der Waals surface area contributed by atoms with Crippen molar-refractivity contribution in [3.63, 3.8) is 0 Å². The van der Waals surface area contributed by atoms with E-state index in [0.717, 1.165) is 29.6 Å². The van der Waals surface area contributed by atoms with Gasteiger partial charge in [-0.25, -0.2) is 24.7 Å². The molecule has 0 amide bonds. The number of imidazole rings is 4. The van der Waals surface area contributed by atoms with Crippen LogP contribution in [0.25, 0.3) is 6.08 Å². The van der Waals surface area contributed by atoms with Crippen molar-refractivity contribution in [3.8, 4) is 0 Å². The predicted octanol–water partition coefficient (Wildman–Crippen LogP) is 4.03. The maximum absolute atomic E-state index is 11.5. The average Bonchev–Trinajstić information content (AvgIpc) is 4.10. The lowest BCUT2D eigenvalue weighted by Gasteiger charge is -2.00. The SMILES string of the molecule is COC(=O)CCCCC(=O)CCc1cnc[nH]1.COC(=O)CCCN.O=C(O)/C=C/c1cnc[nH]1.O=C(O)CCCCC(=O)CCc1cnc[nH]1.O=C(O)CCc1cnc[nH]1. The molecule has 4 aromatic rings. The third-order valence-corrected chi connectivity index (χ3v) is 7.77. The van der Waals surface area contributed by atoms with Gasteiger partial charge in [0.25, 0.3) is 0 Å². The van der Waals surface area contributed by atoms with Crippen LogP contribution in [-0.4, -0.2) is 117 Å². The molecule has 0 unspecified atom stereocenters. The van der Waals surface area contributed by atoms with Crippen molar-refractivity contribution in [1.82, 2.24) is 39.9 Å². The number of methoxy groups -OCH3 is 2. The molecule has 0 atom stereocenters. The molecule has 336 valence electrons. The summed E-state index contributed by atoms with van der Waals surface area (Å²) in [5.74, 6) is -2.54. The van der Waals surface area contributed by atoms with Crippen LogP contribution in [0, 0.1) is 0 Å². The number of nitrogens with zero attached hydrogens (tertiary/aromatic N) is 4. The molecule has 21 nitrogen and oxygen atoms in total. The quantitative estimate of drug-likeness (QED) is 0.0280. The van der Waals surface area contributed by atoms with E-state index >= 15 is 0 Å². The Kier molecular flexibility index (Phi) is 32.3. The summed E-state index contributed by atoms with van der Waals surface area (Å²) in [4.78, 5) is 101. The number of aromatic amines is 4. The van der Waals surface area contributed by atoms with Crippen LogP contribution in [0.4, 0.5) is 0 Å². The van der Waals surface area contributed by atoms with E-state index in [4.69, 9.17) is 21.1 Å². The summed E-state index contributed by atoms with van der Waals surface area (Å²) in [6.45, 7) is 0.551. The zero-order chi connectivity index (χ0) is 45.5. The number of Topliss-reactive ketones (excluding diaryl/α,β-unsaturated/α-hetero) is 2. The lowest BCUT2D eigenvalue weighted by atomic mass is 10.1. The number of nitrogens with one attached hydrogen (secondary N) is 4. The molecule has 0 fully saturated rings. The summed E-state index contributed by atoms with van der Waals surface area (Å²) in [5.41, 5.74) is 8.61. The van der Waals surface area contributed by atoms with E-state index < -0.39 is 17.9 Å². The fourth-order valence-electron chi connectivity index (χ4n) is 4.46. The Morgan fingerprint density at radius 3 is 1.30 bits per heavy atom. The van der Waals surface area contributed by atoms with Gasteiger partial charge < -0.3 is 50.5 Å². The zero-order valence-electron chi connectivity index (χ0n) is 34.7. The van der Waals surface area contributed by atoms with E-state index in [2.05, 4.69) is 49.3 Å². The van der Waals surface area contributed by atoms with E-state index in [9.17, 15) is 33.6 Å². The minimum Gasteiger partial charge on any atom is -0.481 e. The first-order chi connectivity index (χ1) is 29.3. The normalized spacial score (nSPS) is 9.95. The Balaban J connectivity index is 0.000000760. The highest BCUT2D eigenvalue weighted by atomic mass is 16.5. The van der Waals surface area contributed by atoms with Gasteiger partial charge in [0.15, 0.2) is 0 Å². The Hall–Kier alpha value is -6.77. The van der Waals surface area contributed by atoms with Gasteiger partial charge in [-0.1, -0.05) is 0 Å². The summed E-state index contributed by atoms with van der Waals surface area (Å²) in [6.07, 6.45) is 23.8. The number of aryl methyl sites for hydroxylation is 3. The smallest absolute Gasteiger partial charge is 0.328 e. The minimum atomic E-state index is -0.963. The second-order valence-corrected chi connectivity index (χ2v) is 12.7. The molecule has 0 aromatic carbocycles. The fourth-order valence-corrected chi connectivity index (χ4v) is 4.46.